The third-order valence-corrected chi connectivity index (χ3v) is 3.05. The van der Waals surface area contributed by atoms with Crippen LogP contribution in [-0.2, 0) is 5.33 Å². The highest BCUT2D eigenvalue weighted by molar-refractivity contribution is 9.10. The van der Waals surface area contributed by atoms with E-state index in [-0.39, 0.29) is 10.6 Å². The lowest BCUT2D eigenvalue weighted by Gasteiger charge is -2.02. The van der Waals surface area contributed by atoms with Crippen LogP contribution in [0.3, 0.4) is 0 Å². The van der Waals surface area contributed by atoms with Gasteiger partial charge in [0.1, 0.15) is 0 Å². The lowest BCUT2D eigenvalue weighted by molar-refractivity contribution is -0.385. The topological polar surface area (TPSA) is 43.1 Å². The highest BCUT2D eigenvalue weighted by Crippen LogP contribution is 2.27. The van der Waals surface area contributed by atoms with Crippen LogP contribution in [0.25, 0.3) is 0 Å². The monoisotopic (exact) mass is 307 g/mol. The van der Waals surface area contributed by atoms with E-state index in [1.54, 1.807) is 19.1 Å². The standard InChI is InChI=1S/C8H7Br2NO2/c1-5-2-7(10)6(4-9)3-8(5)11(12)13/h2-3H,4H2,1H3. The number of alkyl halides is 1. The minimum atomic E-state index is -0.367. The third-order valence-electron chi connectivity index (χ3n) is 1.71. The lowest BCUT2D eigenvalue weighted by atomic mass is 10.1. The van der Waals surface area contributed by atoms with Gasteiger partial charge in [0.25, 0.3) is 5.69 Å². The predicted octanol–water partition coefficient (Wildman–Crippen LogP) is 3.56. The van der Waals surface area contributed by atoms with Crippen LogP contribution in [0.15, 0.2) is 16.6 Å². The molecule has 3 nitrogen and oxygen atoms in total. The number of benzene rings is 1. The van der Waals surface area contributed by atoms with E-state index in [9.17, 15) is 10.1 Å². The van der Waals surface area contributed by atoms with E-state index in [1.165, 1.54) is 0 Å². The normalized spacial score (nSPS) is 10.1. The molecule has 0 atom stereocenters. The van der Waals surface area contributed by atoms with Crippen molar-refractivity contribution in [1.82, 2.24) is 0 Å². The Morgan fingerprint density at radius 1 is 1.54 bits per heavy atom. The number of halogens is 2. The van der Waals surface area contributed by atoms with Crippen molar-refractivity contribution in [3.8, 4) is 0 Å². The van der Waals surface area contributed by atoms with Crippen molar-refractivity contribution in [3.05, 3.63) is 37.8 Å². The zero-order valence-electron chi connectivity index (χ0n) is 6.88. The van der Waals surface area contributed by atoms with Gasteiger partial charge in [0.05, 0.1) is 4.92 Å². The summed E-state index contributed by atoms with van der Waals surface area (Å²) >= 11 is 6.60. The molecule has 0 aliphatic carbocycles. The number of hydrogen-bond acceptors (Lipinski definition) is 2. The lowest BCUT2D eigenvalue weighted by Crippen LogP contribution is -1.93. The van der Waals surface area contributed by atoms with E-state index in [1.807, 2.05) is 0 Å². The molecule has 0 saturated heterocycles. The van der Waals surface area contributed by atoms with E-state index in [0.717, 1.165) is 10.0 Å². The predicted molar refractivity (Wildman–Crippen MR) is 58.2 cm³/mol. The molecule has 0 aliphatic heterocycles. The second-order valence-corrected chi connectivity index (χ2v) is 4.04. The van der Waals surface area contributed by atoms with E-state index in [0.29, 0.717) is 10.9 Å². The number of rotatable bonds is 2. The summed E-state index contributed by atoms with van der Waals surface area (Å²) in [5.74, 6) is 0. The molecule has 0 amide bonds. The molecule has 0 unspecified atom stereocenters. The Bertz CT molecular complexity index is 352. The molecular weight excluding hydrogens is 302 g/mol. The maximum atomic E-state index is 10.6. The summed E-state index contributed by atoms with van der Waals surface area (Å²) < 4.78 is 0.896. The smallest absolute Gasteiger partial charge is 0.258 e. The van der Waals surface area contributed by atoms with Crippen molar-refractivity contribution in [2.45, 2.75) is 12.3 Å². The molecule has 13 heavy (non-hydrogen) atoms. The first kappa shape index (κ1) is 10.7. The highest BCUT2D eigenvalue weighted by atomic mass is 79.9. The first-order valence-electron chi connectivity index (χ1n) is 3.55. The van der Waals surface area contributed by atoms with Crippen LogP contribution >= 0.6 is 31.9 Å². The van der Waals surface area contributed by atoms with Gasteiger partial charge in [-0.1, -0.05) is 31.9 Å². The SMILES string of the molecule is Cc1cc(Br)c(CBr)cc1[N+](=O)[O-]. The highest BCUT2D eigenvalue weighted by Gasteiger charge is 2.13. The van der Waals surface area contributed by atoms with E-state index in [4.69, 9.17) is 0 Å². The summed E-state index contributed by atoms with van der Waals surface area (Å²) in [6, 6.07) is 3.34. The summed E-state index contributed by atoms with van der Waals surface area (Å²) in [6.07, 6.45) is 0. The number of nitrogens with zero attached hydrogens (tertiary/aromatic N) is 1. The maximum absolute atomic E-state index is 10.6. The summed E-state index contributed by atoms with van der Waals surface area (Å²) in [6.45, 7) is 1.72. The van der Waals surface area contributed by atoms with Gasteiger partial charge in [-0.05, 0) is 18.6 Å². The van der Waals surface area contributed by atoms with Gasteiger partial charge in [0.2, 0.25) is 0 Å². The first-order valence-corrected chi connectivity index (χ1v) is 5.47. The van der Waals surface area contributed by atoms with Crippen molar-refractivity contribution in [3.63, 3.8) is 0 Å². The molecule has 0 aromatic heterocycles. The zero-order chi connectivity index (χ0) is 10.0. The third kappa shape index (κ3) is 2.28. The fourth-order valence-electron chi connectivity index (χ4n) is 1.00. The quantitative estimate of drug-likeness (QED) is 0.476. The molecule has 1 aromatic rings. The number of aryl methyl sites for hydroxylation is 1. The molecule has 0 bridgehead atoms. The van der Waals surface area contributed by atoms with Gasteiger partial charge in [-0.15, -0.1) is 0 Å². The van der Waals surface area contributed by atoms with Crippen LogP contribution in [0.5, 0.6) is 0 Å². The molecule has 0 spiro atoms. The Morgan fingerprint density at radius 2 is 2.15 bits per heavy atom. The molecule has 0 heterocycles. The van der Waals surface area contributed by atoms with E-state index < -0.39 is 0 Å². The minimum Gasteiger partial charge on any atom is -0.258 e. The fraction of sp³-hybridized carbons (Fsp3) is 0.250. The van der Waals surface area contributed by atoms with Gasteiger partial charge in [-0.3, -0.25) is 10.1 Å². The zero-order valence-corrected chi connectivity index (χ0v) is 10.1. The molecule has 0 aliphatic rings. The number of nitro groups is 1. The molecule has 1 aromatic carbocycles. The van der Waals surface area contributed by atoms with Crippen LogP contribution < -0.4 is 0 Å². The van der Waals surface area contributed by atoms with Crippen LogP contribution in [0, 0.1) is 17.0 Å². The average molecular weight is 309 g/mol. The Hall–Kier alpha value is -0.420. The summed E-state index contributed by atoms with van der Waals surface area (Å²) in [5.41, 5.74) is 1.72. The largest absolute Gasteiger partial charge is 0.272 e. The van der Waals surface area contributed by atoms with Crippen LogP contribution in [0.4, 0.5) is 5.69 Å². The molecule has 0 saturated carbocycles. The Morgan fingerprint density at radius 3 is 2.62 bits per heavy atom. The molecule has 0 fully saturated rings. The second-order valence-electron chi connectivity index (χ2n) is 2.62. The first-order chi connectivity index (χ1) is 6.06. The summed E-state index contributed by atoms with van der Waals surface area (Å²) in [5, 5.41) is 11.2. The molecule has 70 valence electrons. The molecule has 0 radical (unpaired) electrons. The van der Waals surface area contributed by atoms with Crippen molar-refractivity contribution < 1.29 is 4.92 Å². The van der Waals surface area contributed by atoms with Crippen LogP contribution in [0.1, 0.15) is 11.1 Å². The van der Waals surface area contributed by atoms with Crippen LogP contribution in [-0.4, -0.2) is 4.92 Å². The number of nitro benzene ring substituents is 1. The van der Waals surface area contributed by atoms with E-state index in [2.05, 4.69) is 31.9 Å². The van der Waals surface area contributed by atoms with Gasteiger partial charge in [-0.2, -0.15) is 0 Å². The maximum Gasteiger partial charge on any atom is 0.272 e. The van der Waals surface area contributed by atoms with Crippen molar-refractivity contribution in [2.24, 2.45) is 0 Å². The fourth-order valence-corrected chi connectivity index (χ4v) is 2.44. The van der Waals surface area contributed by atoms with Crippen molar-refractivity contribution in [2.75, 3.05) is 0 Å². The minimum absolute atomic E-state index is 0.164. The van der Waals surface area contributed by atoms with Gasteiger partial charge in [0, 0.05) is 21.4 Å². The van der Waals surface area contributed by atoms with Crippen LogP contribution in [0.2, 0.25) is 0 Å². The molecular formula is C8H7Br2NO2. The Labute approximate surface area is 92.5 Å². The molecule has 0 N–H and O–H groups in total. The molecule has 5 heteroatoms. The van der Waals surface area contributed by atoms with Crippen molar-refractivity contribution in [1.29, 1.82) is 0 Å². The van der Waals surface area contributed by atoms with E-state index >= 15 is 0 Å². The Balaban J connectivity index is 3.30. The van der Waals surface area contributed by atoms with Gasteiger partial charge in [0.15, 0.2) is 0 Å². The summed E-state index contributed by atoms with van der Waals surface area (Å²) in [7, 11) is 0. The number of hydrogen-bond donors (Lipinski definition) is 0. The second kappa shape index (κ2) is 4.19. The van der Waals surface area contributed by atoms with Gasteiger partial charge < -0.3 is 0 Å². The van der Waals surface area contributed by atoms with Crippen molar-refractivity contribution >= 4 is 37.5 Å². The van der Waals surface area contributed by atoms with Gasteiger partial charge >= 0.3 is 0 Å². The van der Waals surface area contributed by atoms with Gasteiger partial charge in [-0.25, -0.2) is 0 Å². The summed E-state index contributed by atoms with van der Waals surface area (Å²) in [4.78, 5) is 10.2. The Kier molecular flexibility index (Phi) is 3.44. The average Bonchev–Trinajstić information content (AvgIpc) is 2.03. The molecule has 1 rings (SSSR count).